The Labute approximate surface area is 140 Å². The molecule has 6 heteroatoms. The Kier molecular flexibility index (Phi) is 3.69. The lowest BCUT2D eigenvalue weighted by atomic mass is 10.2. The number of nitriles is 1. The van der Waals surface area contributed by atoms with Crippen molar-refractivity contribution in [3.05, 3.63) is 47.9 Å². The number of aromatic nitrogens is 2. The van der Waals surface area contributed by atoms with Gasteiger partial charge in [0.2, 0.25) is 0 Å². The van der Waals surface area contributed by atoms with E-state index in [0.717, 1.165) is 24.6 Å². The van der Waals surface area contributed by atoms with E-state index in [1.165, 1.54) is 12.8 Å². The van der Waals surface area contributed by atoms with Crippen molar-refractivity contribution in [2.24, 2.45) is 0 Å². The van der Waals surface area contributed by atoms with E-state index < -0.39 is 0 Å². The Morgan fingerprint density at radius 1 is 1.17 bits per heavy atom. The molecule has 4 rings (SSSR count). The van der Waals surface area contributed by atoms with E-state index in [9.17, 15) is 4.79 Å². The lowest BCUT2D eigenvalue weighted by Crippen LogP contribution is -2.49. The maximum atomic E-state index is 12.8. The van der Waals surface area contributed by atoms with Gasteiger partial charge in [0.05, 0.1) is 5.56 Å². The van der Waals surface area contributed by atoms with Gasteiger partial charge in [0.25, 0.3) is 5.91 Å². The van der Waals surface area contributed by atoms with Crippen LogP contribution in [0.2, 0.25) is 0 Å². The minimum absolute atomic E-state index is 0.124. The van der Waals surface area contributed by atoms with Crippen LogP contribution in [-0.4, -0.2) is 46.5 Å². The fourth-order valence-electron chi connectivity index (χ4n) is 3.19. The topological polar surface area (TPSA) is 65.2 Å². The summed E-state index contributed by atoms with van der Waals surface area (Å²) >= 11 is 0. The van der Waals surface area contributed by atoms with E-state index in [4.69, 9.17) is 5.26 Å². The molecule has 3 heterocycles. The number of nitrogens with zero attached hydrogens (tertiary/aromatic N) is 5. The summed E-state index contributed by atoms with van der Waals surface area (Å²) in [5.41, 5.74) is 1.37. The number of rotatable bonds is 3. The molecule has 2 aromatic rings. The second-order valence-electron chi connectivity index (χ2n) is 6.33. The Morgan fingerprint density at radius 3 is 2.58 bits per heavy atom. The fraction of sp³-hybridized carbons (Fsp3) is 0.389. The summed E-state index contributed by atoms with van der Waals surface area (Å²) in [6.07, 6.45) is 5.96. The van der Waals surface area contributed by atoms with Crippen LogP contribution in [0.1, 0.15) is 34.9 Å². The van der Waals surface area contributed by atoms with Gasteiger partial charge in [0.1, 0.15) is 17.6 Å². The summed E-state index contributed by atoms with van der Waals surface area (Å²) in [5, 5.41) is 8.84. The Balaban J connectivity index is 1.41. The highest BCUT2D eigenvalue weighted by atomic mass is 16.2. The average Bonchev–Trinajstić information content (AvgIpc) is 3.38. The van der Waals surface area contributed by atoms with Crippen LogP contribution in [0.25, 0.3) is 0 Å². The van der Waals surface area contributed by atoms with E-state index in [1.54, 1.807) is 12.3 Å². The second kappa shape index (κ2) is 6.00. The van der Waals surface area contributed by atoms with Gasteiger partial charge in [-0.2, -0.15) is 5.26 Å². The molecular weight excluding hydrogens is 302 g/mol. The van der Waals surface area contributed by atoms with Gasteiger partial charge in [-0.05, 0) is 37.1 Å². The second-order valence-corrected chi connectivity index (χ2v) is 6.33. The molecule has 1 saturated carbocycles. The number of anilines is 1. The normalized spacial score (nSPS) is 17.6. The van der Waals surface area contributed by atoms with Crippen LogP contribution >= 0.6 is 0 Å². The summed E-state index contributed by atoms with van der Waals surface area (Å²) in [6, 6.07) is 10.1. The molecule has 0 atom stereocenters. The molecule has 0 spiro atoms. The first-order chi connectivity index (χ1) is 11.8. The van der Waals surface area contributed by atoms with Crippen LogP contribution in [0, 0.1) is 11.3 Å². The van der Waals surface area contributed by atoms with Crippen LogP contribution in [0.5, 0.6) is 0 Å². The predicted molar refractivity (Wildman–Crippen MR) is 89.8 cm³/mol. The van der Waals surface area contributed by atoms with Crippen molar-refractivity contribution in [2.45, 2.75) is 18.9 Å². The molecule has 24 heavy (non-hydrogen) atoms. The molecule has 0 bridgehead atoms. The molecule has 1 saturated heterocycles. The molecule has 6 nitrogen and oxygen atoms in total. The van der Waals surface area contributed by atoms with E-state index in [0.29, 0.717) is 24.7 Å². The first-order valence-electron chi connectivity index (χ1n) is 8.33. The number of amides is 1. The lowest BCUT2D eigenvalue weighted by Gasteiger charge is -2.35. The number of hydrogen-bond acceptors (Lipinski definition) is 4. The summed E-state index contributed by atoms with van der Waals surface area (Å²) in [7, 11) is 0. The summed E-state index contributed by atoms with van der Waals surface area (Å²) in [4.78, 5) is 21.2. The number of pyridine rings is 1. The lowest BCUT2D eigenvalue weighted by molar-refractivity contribution is 0.0735. The minimum Gasteiger partial charge on any atom is -0.353 e. The van der Waals surface area contributed by atoms with Crippen LogP contribution < -0.4 is 4.90 Å². The number of piperazine rings is 1. The standard InChI is InChI=1S/C18H19N5O/c19-12-14-3-6-17(20-13-14)21-8-10-22(11-9-21)18(24)16-2-1-7-23(16)15-4-5-15/h1-3,6-7,13,15H,4-5,8-11H2. The van der Waals surface area contributed by atoms with Crippen molar-refractivity contribution < 1.29 is 4.79 Å². The Bertz CT molecular complexity index is 776. The molecule has 2 aromatic heterocycles. The monoisotopic (exact) mass is 321 g/mol. The third-order valence-corrected chi connectivity index (χ3v) is 4.71. The first kappa shape index (κ1) is 14.8. The van der Waals surface area contributed by atoms with Gasteiger partial charge in [-0.15, -0.1) is 0 Å². The van der Waals surface area contributed by atoms with Crippen molar-refractivity contribution in [2.75, 3.05) is 31.1 Å². The number of carbonyl (C=O) groups excluding carboxylic acids is 1. The molecular formula is C18H19N5O. The van der Waals surface area contributed by atoms with E-state index in [1.807, 2.05) is 29.3 Å². The molecule has 0 aromatic carbocycles. The van der Waals surface area contributed by atoms with E-state index in [2.05, 4.69) is 20.5 Å². The maximum absolute atomic E-state index is 12.8. The Hall–Kier alpha value is -2.81. The molecule has 0 N–H and O–H groups in total. The summed E-state index contributed by atoms with van der Waals surface area (Å²) < 4.78 is 2.12. The van der Waals surface area contributed by atoms with Crippen molar-refractivity contribution in [3.63, 3.8) is 0 Å². The fourth-order valence-corrected chi connectivity index (χ4v) is 3.19. The number of carbonyl (C=O) groups is 1. The molecule has 1 aliphatic heterocycles. The Morgan fingerprint density at radius 2 is 1.96 bits per heavy atom. The quantitative estimate of drug-likeness (QED) is 0.868. The zero-order valence-corrected chi connectivity index (χ0v) is 13.4. The molecule has 2 fully saturated rings. The molecule has 2 aliphatic rings. The number of hydrogen-bond donors (Lipinski definition) is 0. The van der Waals surface area contributed by atoms with Crippen molar-refractivity contribution in [1.29, 1.82) is 5.26 Å². The van der Waals surface area contributed by atoms with Crippen molar-refractivity contribution >= 4 is 11.7 Å². The predicted octanol–water partition coefficient (Wildman–Crippen LogP) is 2.05. The maximum Gasteiger partial charge on any atom is 0.270 e. The van der Waals surface area contributed by atoms with Crippen molar-refractivity contribution in [1.82, 2.24) is 14.5 Å². The highest BCUT2D eigenvalue weighted by Gasteiger charge is 2.29. The third kappa shape index (κ3) is 2.73. The molecule has 1 amide bonds. The van der Waals surface area contributed by atoms with E-state index >= 15 is 0 Å². The first-order valence-corrected chi connectivity index (χ1v) is 8.33. The SMILES string of the molecule is N#Cc1ccc(N2CCN(C(=O)c3cccn3C3CC3)CC2)nc1. The molecule has 0 unspecified atom stereocenters. The van der Waals surface area contributed by atoms with Gasteiger partial charge in [-0.1, -0.05) is 0 Å². The summed E-state index contributed by atoms with van der Waals surface area (Å²) in [6.45, 7) is 2.90. The van der Waals surface area contributed by atoms with Crippen LogP contribution in [0.15, 0.2) is 36.7 Å². The molecule has 1 aliphatic carbocycles. The van der Waals surface area contributed by atoms with Crippen LogP contribution in [0.3, 0.4) is 0 Å². The van der Waals surface area contributed by atoms with Gasteiger partial charge in [0, 0.05) is 44.6 Å². The smallest absolute Gasteiger partial charge is 0.270 e. The minimum atomic E-state index is 0.124. The van der Waals surface area contributed by atoms with Gasteiger partial charge in [-0.25, -0.2) is 4.98 Å². The van der Waals surface area contributed by atoms with Gasteiger partial charge in [0.15, 0.2) is 0 Å². The zero-order chi connectivity index (χ0) is 16.5. The highest BCUT2D eigenvalue weighted by molar-refractivity contribution is 5.93. The average molecular weight is 321 g/mol. The zero-order valence-electron chi connectivity index (χ0n) is 13.4. The highest BCUT2D eigenvalue weighted by Crippen LogP contribution is 2.36. The van der Waals surface area contributed by atoms with Gasteiger partial charge in [-0.3, -0.25) is 4.79 Å². The summed E-state index contributed by atoms with van der Waals surface area (Å²) in [5.74, 6) is 0.988. The molecule has 0 radical (unpaired) electrons. The van der Waals surface area contributed by atoms with Gasteiger partial charge >= 0.3 is 0 Å². The molecule has 122 valence electrons. The van der Waals surface area contributed by atoms with Crippen molar-refractivity contribution in [3.8, 4) is 6.07 Å². The van der Waals surface area contributed by atoms with E-state index in [-0.39, 0.29) is 5.91 Å². The van der Waals surface area contributed by atoms with Crippen LogP contribution in [0.4, 0.5) is 5.82 Å². The van der Waals surface area contributed by atoms with Gasteiger partial charge < -0.3 is 14.4 Å². The largest absolute Gasteiger partial charge is 0.353 e. The third-order valence-electron chi connectivity index (χ3n) is 4.71. The van der Waals surface area contributed by atoms with Crippen LogP contribution in [-0.2, 0) is 0 Å².